The quantitative estimate of drug-likeness (QED) is 0.863. The van der Waals surface area contributed by atoms with Crippen molar-refractivity contribution < 1.29 is 9.90 Å². The average Bonchev–Trinajstić information content (AvgIpc) is 2.62. The van der Waals surface area contributed by atoms with Gasteiger partial charge in [-0.3, -0.25) is 4.79 Å². The second-order valence-corrected chi connectivity index (χ2v) is 7.79. The first-order valence-corrected chi connectivity index (χ1v) is 9.87. The Morgan fingerprint density at radius 1 is 1.32 bits per heavy atom. The molecule has 0 saturated heterocycles. The lowest BCUT2D eigenvalue weighted by atomic mass is 9.85. The maximum atomic E-state index is 12.7. The van der Waals surface area contributed by atoms with Crippen LogP contribution in [0.5, 0.6) is 0 Å². The molecule has 3 rings (SSSR count). The molecule has 0 spiro atoms. The van der Waals surface area contributed by atoms with Gasteiger partial charge in [0.15, 0.2) is 0 Å². The molecule has 0 bridgehead atoms. The predicted molar refractivity (Wildman–Crippen MR) is 101 cm³/mol. The number of aliphatic hydroxyl groups is 1. The van der Waals surface area contributed by atoms with Crippen LogP contribution in [0.15, 0.2) is 18.2 Å². The third-order valence-electron chi connectivity index (χ3n) is 5.99. The molecule has 138 valence electrons. The number of amides is 1. The zero-order chi connectivity index (χ0) is 17.9. The Bertz CT molecular complexity index is 608. The first-order chi connectivity index (χ1) is 12.0. The monoisotopic (exact) mass is 344 g/mol. The van der Waals surface area contributed by atoms with E-state index in [2.05, 4.69) is 37.4 Å². The van der Waals surface area contributed by atoms with E-state index >= 15 is 0 Å². The van der Waals surface area contributed by atoms with Crippen molar-refractivity contribution in [1.82, 2.24) is 10.2 Å². The molecule has 0 radical (unpaired) electrons. The Kier molecular flexibility index (Phi) is 5.80. The minimum atomic E-state index is -0.616. The molecule has 1 aliphatic carbocycles. The third-order valence-corrected chi connectivity index (χ3v) is 5.99. The minimum absolute atomic E-state index is 0.127. The number of nitrogens with one attached hydrogen (secondary N) is 1. The van der Waals surface area contributed by atoms with E-state index in [4.69, 9.17) is 0 Å². The molecule has 4 nitrogen and oxygen atoms in total. The normalized spacial score (nSPS) is 22.5. The molecule has 1 heterocycles. The highest BCUT2D eigenvalue weighted by atomic mass is 16.3. The number of hydrogen-bond acceptors (Lipinski definition) is 3. The summed E-state index contributed by atoms with van der Waals surface area (Å²) in [7, 11) is 0. The van der Waals surface area contributed by atoms with Crippen LogP contribution in [0.2, 0.25) is 0 Å². The van der Waals surface area contributed by atoms with E-state index in [1.54, 1.807) is 0 Å². The first-order valence-electron chi connectivity index (χ1n) is 9.87. The van der Waals surface area contributed by atoms with Crippen molar-refractivity contribution in [2.75, 3.05) is 19.6 Å². The SMILES string of the molecule is CCc1ccc2c(c1)C(C)N(C(=O)CNCC1(O)CCCCC1)CC2. The summed E-state index contributed by atoms with van der Waals surface area (Å²) < 4.78 is 0. The number of benzene rings is 1. The lowest BCUT2D eigenvalue weighted by Gasteiger charge is -2.36. The molecule has 1 saturated carbocycles. The number of carbonyl (C=O) groups is 1. The smallest absolute Gasteiger partial charge is 0.237 e. The molecular weight excluding hydrogens is 312 g/mol. The molecule has 25 heavy (non-hydrogen) atoms. The van der Waals surface area contributed by atoms with Crippen LogP contribution in [0, 0.1) is 0 Å². The van der Waals surface area contributed by atoms with Crippen LogP contribution < -0.4 is 5.32 Å². The lowest BCUT2D eigenvalue weighted by Crippen LogP contribution is -2.47. The van der Waals surface area contributed by atoms with Crippen LogP contribution in [-0.2, 0) is 17.6 Å². The van der Waals surface area contributed by atoms with Crippen molar-refractivity contribution in [2.24, 2.45) is 0 Å². The van der Waals surface area contributed by atoms with Gasteiger partial charge < -0.3 is 15.3 Å². The number of aryl methyl sites for hydroxylation is 1. The summed E-state index contributed by atoms with van der Waals surface area (Å²) in [4.78, 5) is 14.7. The fraction of sp³-hybridized carbons (Fsp3) is 0.667. The van der Waals surface area contributed by atoms with Gasteiger partial charge in [-0.05, 0) is 49.3 Å². The van der Waals surface area contributed by atoms with Crippen molar-refractivity contribution in [3.05, 3.63) is 34.9 Å². The van der Waals surface area contributed by atoms with Gasteiger partial charge >= 0.3 is 0 Å². The number of fused-ring (bicyclic) bond motifs is 1. The Balaban J connectivity index is 1.57. The molecular formula is C21H32N2O2. The molecule has 1 atom stereocenters. The molecule has 1 aromatic carbocycles. The molecule has 1 aromatic rings. The van der Waals surface area contributed by atoms with E-state index < -0.39 is 5.60 Å². The van der Waals surface area contributed by atoms with Gasteiger partial charge in [0.25, 0.3) is 0 Å². The maximum absolute atomic E-state index is 12.7. The van der Waals surface area contributed by atoms with Gasteiger partial charge in [-0.2, -0.15) is 0 Å². The highest BCUT2D eigenvalue weighted by Gasteiger charge is 2.30. The van der Waals surface area contributed by atoms with Crippen LogP contribution in [0.25, 0.3) is 0 Å². The predicted octanol–water partition coefficient (Wildman–Crippen LogP) is 2.98. The van der Waals surface area contributed by atoms with Gasteiger partial charge in [0.05, 0.1) is 18.2 Å². The van der Waals surface area contributed by atoms with Gasteiger partial charge in [-0.1, -0.05) is 44.4 Å². The van der Waals surface area contributed by atoms with Gasteiger partial charge in [-0.15, -0.1) is 0 Å². The largest absolute Gasteiger partial charge is 0.389 e. The maximum Gasteiger partial charge on any atom is 0.237 e. The van der Waals surface area contributed by atoms with E-state index in [0.29, 0.717) is 13.1 Å². The minimum Gasteiger partial charge on any atom is -0.389 e. The van der Waals surface area contributed by atoms with E-state index in [0.717, 1.165) is 45.1 Å². The second-order valence-electron chi connectivity index (χ2n) is 7.79. The van der Waals surface area contributed by atoms with Crippen molar-refractivity contribution in [3.8, 4) is 0 Å². The van der Waals surface area contributed by atoms with E-state index in [9.17, 15) is 9.90 Å². The fourth-order valence-electron chi connectivity index (χ4n) is 4.31. The number of carbonyl (C=O) groups excluding carboxylic acids is 1. The number of hydrogen-bond donors (Lipinski definition) is 2. The summed E-state index contributed by atoms with van der Waals surface area (Å²) in [5.41, 5.74) is 3.38. The van der Waals surface area contributed by atoms with Crippen LogP contribution in [0.3, 0.4) is 0 Å². The van der Waals surface area contributed by atoms with Crippen LogP contribution in [-0.4, -0.2) is 41.1 Å². The van der Waals surface area contributed by atoms with Gasteiger partial charge in [0, 0.05) is 13.1 Å². The van der Waals surface area contributed by atoms with Crippen LogP contribution >= 0.6 is 0 Å². The standard InChI is InChI=1S/C21H32N2O2/c1-3-17-7-8-18-9-12-23(16(2)19(18)13-17)20(24)14-22-15-21(25)10-5-4-6-11-21/h7-8,13,16,22,25H,3-6,9-12,14-15H2,1-2H3. The molecule has 2 N–H and O–H groups in total. The van der Waals surface area contributed by atoms with Gasteiger partial charge in [0.2, 0.25) is 5.91 Å². The van der Waals surface area contributed by atoms with Crippen molar-refractivity contribution in [3.63, 3.8) is 0 Å². The van der Waals surface area contributed by atoms with Gasteiger partial charge in [-0.25, -0.2) is 0 Å². The highest BCUT2D eigenvalue weighted by Crippen LogP contribution is 2.30. The summed E-state index contributed by atoms with van der Waals surface area (Å²) in [6.45, 7) is 5.92. The summed E-state index contributed by atoms with van der Waals surface area (Å²) in [5, 5.41) is 13.8. The first kappa shape index (κ1) is 18.4. The summed E-state index contributed by atoms with van der Waals surface area (Å²) in [6.07, 6.45) is 7.04. The fourth-order valence-corrected chi connectivity index (χ4v) is 4.31. The highest BCUT2D eigenvalue weighted by molar-refractivity contribution is 5.79. The Morgan fingerprint density at radius 3 is 2.80 bits per heavy atom. The molecule has 2 aliphatic rings. The zero-order valence-electron chi connectivity index (χ0n) is 15.7. The van der Waals surface area contributed by atoms with Crippen molar-refractivity contribution in [2.45, 2.75) is 70.4 Å². The van der Waals surface area contributed by atoms with Crippen LogP contribution in [0.1, 0.15) is 68.7 Å². The summed E-state index contributed by atoms with van der Waals surface area (Å²) in [5.74, 6) is 0.138. The molecule has 1 amide bonds. The molecule has 0 aromatic heterocycles. The topological polar surface area (TPSA) is 52.6 Å². The number of nitrogens with zero attached hydrogens (tertiary/aromatic N) is 1. The summed E-state index contributed by atoms with van der Waals surface area (Å²) in [6, 6.07) is 6.82. The van der Waals surface area contributed by atoms with Gasteiger partial charge in [0.1, 0.15) is 0 Å². The van der Waals surface area contributed by atoms with Crippen molar-refractivity contribution >= 4 is 5.91 Å². The summed E-state index contributed by atoms with van der Waals surface area (Å²) >= 11 is 0. The van der Waals surface area contributed by atoms with Crippen LogP contribution in [0.4, 0.5) is 0 Å². The third kappa shape index (κ3) is 4.24. The van der Waals surface area contributed by atoms with Crippen molar-refractivity contribution in [1.29, 1.82) is 0 Å². The lowest BCUT2D eigenvalue weighted by molar-refractivity contribution is -0.133. The second kappa shape index (κ2) is 7.88. The van der Waals surface area contributed by atoms with E-state index in [-0.39, 0.29) is 11.9 Å². The molecule has 1 fully saturated rings. The number of rotatable bonds is 5. The average molecular weight is 344 g/mol. The molecule has 1 unspecified atom stereocenters. The molecule has 4 heteroatoms. The van der Waals surface area contributed by atoms with E-state index in [1.807, 2.05) is 4.90 Å². The Labute approximate surface area is 151 Å². The zero-order valence-corrected chi connectivity index (χ0v) is 15.7. The Hall–Kier alpha value is -1.39. The Morgan fingerprint density at radius 2 is 2.08 bits per heavy atom. The molecule has 1 aliphatic heterocycles. The van der Waals surface area contributed by atoms with E-state index in [1.165, 1.54) is 23.1 Å².